The summed E-state index contributed by atoms with van der Waals surface area (Å²) >= 11 is 0. The summed E-state index contributed by atoms with van der Waals surface area (Å²) in [5.41, 5.74) is 2.94. The summed E-state index contributed by atoms with van der Waals surface area (Å²) in [6.45, 7) is 1.41. The summed E-state index contributed by atoms with van der Waals surface area (Å²) in [6, 6.07) is 17.0. The molecule has 0 atom stereocenters. The van der Waals surface area contributed by atoms with Gasteiger partial charge in [-0.05, 0) is 36.6 Å². The maximum atomic E-state index is 13.0. The second-order valence-electron chi connectivity index (χ2n) is 7.26. The molecule has 4 aromatic rings. The Labute approximate surface area is 185 Å². The predicted molar refractivity (Wildman–Crippen MR) is 122 cm³/mol. The molecule has 0 fully saturated rings. The van der Waals surface area contributed by atoms with E-state index in [1.54, 1.807) is 48.2 Å². The van der Waals surface area contributed by atoms with Gasteiger partial charge in [0.25, 0.3) is 5.91 Å². The second kappa shape index (κ2) is 9.30. The number of methoxy groups -OCH3 is 1. The minimum Gasteiger partial charge on any atom is -0.497 e. The summed E-state index contributed by atoms with van der Waals surface area (Å²) in [7, 11) is 1.56. The van der Waals surface area contributed by atoms with Crippen molar-refractivity contribution in [2.75, 3.05) is 17.7 Å². The van der Waals surface area contributed by atoms with E-state index in [1.165, 1.54) is 12.5 Å². The lowest BCUT2D eigenvalue weighted by Gasteiger charge is -2.10. The first-order valence-corrected chi connectivity index (χ1v) is 10.2. The Kier molecular flexibility index (Phi) is 6.12. The highest BCUT2D eigenvalue weighted by Crippen LogP contribution is 2.23. The molecule has 0 saturated heterocycles. The molecule has 8 nitrogen and oxygen atoms in total. The van der Waals surface area contributed by atoms with Crippen molar-refractivity contribution in [3.63, 3.8) is 0 Å². The molecule has 0 saturated carbocycles. The smallest absolute Gasteiger partial charge is 0.256 e. The summed E-state index contributed by atoms with van der Waals surface area (Å²) in [4.78, 5) is 33.4. The molecule has 0 spiro atoms. The largest absolute Gasteiger partial charge is 0.497 e. The fourth-order valence-corrected chi connectivity index (χ4v) is 3.41. The van der Waals surface area contributed by atoms with Crippen LogP contribution in [0.2, 0.25) is 0 Å². The number of hydrogen-bond donors (Lipinski definition) is 2. The number of aryl methyl sites for hydroxylation is 2. The zero-order valence-electron chi connectivity index (χ0n) is 17.8. The number of carbonyl (C=O) groups excluding carboxylic acids is 2. The van der Waals surface area contributed by atoms with E-state index in [2.05, 4.69) is 32.7 Å². The van der Waals surface area contributed by atoms with Crippen LogP contribution >= 0.6 is 0 Å². The number of carbonyl (C=O) groups is 2. The standard InChI is InChI=1S/C24H23N5O3/c1-16(30)26-21-15-29-22(14-25-21)27-20(12-11-17-7-4-3-5-8-17)23(29)28-24(31)18-9-6-10-19(13-18)32-2/h3-10,13-15H,11-12H2,1-2H3,(H,26,30)(H,28,31). The third-order valence-electron chi connectivity index (χ3n) is 4.94. The third-order valence-corrected chi connectivity index (χ3v) is 4.94. The molecule has 2 heterocycles. The molecule has 2 aromatic carbocycles. The molecule has 0 unspecified atom stereocenters. The van der Waals surface area contributed by atoms with Gasteiger partial charge in [0, 0.05) is 12.5 Å². The second-order valence-corrected chi connectivity index (χ2v) is 7.26. The molecule has 2 aromatic heterocycles. The molecule has 2 amide bonds. The van der Waals surface area contributed by atoms with Crippen molar-refractivity contribution in [3.05, 3.63) is 83.8 Å². The highest BCUT2D eigenvalue weighted by atomic mass is 16.5. The Morgan fingerprint density at radius 2 is 1.84 bits per heavy atom. The summed E-state index contributed by atoms with van der Waals surface area (Å²) < 4.78 is 6.96. The quantitative estimate of drug-likeness (QED) is 0.467. The SMILES string of the molecule is COc1cccc(C(=O)Nc2c(CCc3ccccc3)nc3cnc(NC(C)=O)cn23)c1. The van der Waals surface area contributed by atoms with Gasteiger partial charge in [0.2, 0.25) is 5.91 Å². The van der Waals surface area contributed by atoms with Crippen LogP contribution in [0.15, 0.2) is 67.0 Å². The maximum absolute atomic E-state index is 13.0. The summed E-state index contributed by atoms with van der Waals surface area (Å²) in [6.07, 6.45) is 4.60. The van der Waals surface area contributed by atoms with E-state index in [0.29, 0.717) is 35.0 Å². The van der Waals surface area contributed by atoms with Crippen LogP contribution < -0.4 is 15.4 Å². The van der Waals surface area contributed by atoms with E-state index >= 15 is 0 Å². The number of imidazole rings is 1. The lowest BCUT2D eigenvalue weighted by Crippen LogP contribution is -2.15. The first-order chi connectivity index (χ1) is 15.5. The molecule has 2 N–H and O–H groups in total. The minimum atomic E-state index is -0.287. The van der Waals surface area contributed by atoms with E-state index in [4.69, 9.17) is 4.74 Å². The number of ether oxygens (including phenoxy) is 1. The number of aromatic nitrogens is 3. The van der Waals surface area contributed by atoms with Crippen LogP contribution in [0.25, 0.3) is 5.65 Å². The topological polar surface area (TPSA) is 97.6 Å². The average Bonchev–Trinajstić information content (AvgIpc) is 3.14. The van der Waals surface area contributed by atoms with Crippen LogP contribution in [0.4, 0.5) is 11.6 Å². The van der Waals surface area contributed by atoms with Crippen LogP contribution in [-0.2, 0) is 17.6 Å². The number of benzene rings is 2. The van der Waals surface area contributed by atoms with E-state index in [9.17, 15) is 9.59 Å². The van der Waals surface area contributed by atoms with Crippen LogP contribution in [0.3, 0.4) is 0 Å². The Hall–Kier alpha value is -4.20. The van der Waals surface area contributed by atoms with Gasteiger partial charge in [-0.1, -0.05) is 36.4 Å². The Morgan fingerprint density at radius 1 is 1.03 bits per heavy atom. The van der Waals surface area contributed by atoms with Gasteiger partial charge in [0.05, 0.1) is 25.2 Å². The van der Waals surface area contributed by atoms with Crippen molar-refractivity contribution < 1.29 is 14.3 Å². The zero-order chi connectivity index (χ0) is 22.5. The van der Waals surface area contributed by atoms with Gasteiger partial charge in [0.1, 0.15) is 17.4 Å². The van der Waals surface area contributed by atoms with Gasteiger partial charge >= 0.3 is 0 Å². The highest BCUT2D eigenvalue weighted by Gasteiger charge is 2.17. The number of hydrogen-bond acceptors (Lipinski definition) is 5. The molecule has 8 heteroatoms. The highest BCUT2D eigenvalue weighted by molar-refractivity contribution is 6.04. The molecule has 0 radical (unpaired) electrons. The molecule has 0 bridgehead atoms. The van der Waals surface area contributed by atoms with E-state index in [-0.39, 0.29) is 11.8 Å². The fourth-order valence-electron chi connectivity index (χ4n) is 3.41. The molecule has 0 aliphatic rings. The molecule has 32 heavy (non-hydrogen) atoms. The monoisotopic (exact) mass is 429 g/mol. The maximum Gasteiger partial charge on any atom is 0.256 e. The number of nitrogens with one attached hydrogen (secondary N) is 2. The Bertz CT molecular complexity index is 1270. The van der Waals surface area contributed by atoms with Gasteiger partial charge < -0.3 is 15.4 Å². The number of amides is 2. The van der Waals surface area contributed by atoms with Crippen molar-refractivity contribution in [1.29, 1.82) is 0 Å². The Morgan fingerprint density at radius 3 is 2.59 bits per heavy atom. The lowest BCUT2D eigenvalue weighted by molar-refractivity contribution is -0.114. The lowest BCUT2D eigenvalue weighted by atomic mass is 10.1. The van der Waals surface area contributed by atoms with Gasteiger partial charge in [0.15, 0.2) is 5.65 Å². The summed E-state index contributed by atoms with van der Waals surface area (Å²) in [5, 5.41) is 5.65. The molecular weight excluding hydrogens is 406 g/mol. The fraction of sp³-hybridized carbons (Fsp3) is 0.167. The minimum absolute atomic E-state index is 0.233. The van der Waals surface area contributed by atoms with Gasteiger partial charge in [-0.15, -0.1) is 0 Å². The molecule has 0 aliphatic heterocycles. The van der Waals surface area contributed by atoms with Crippen molar-refractivity contribution >= 4 is 29.1 Å². The number of fused-ring (bicyclic) bond motifs is 1. The first-order valence-electron chi connectivity index (χ1n) is 10.2. The van der Waals surface area contributed by atoms with Crippen molar-refractivity contribution in [2.24, 2.45) is 0 Å². The van der Waals surface area contributed by atoms with Crippen LogP contribution in [0.1, 0.15) is 28.5 Å². The summed E-state index contributed by atoms with van der Waals surface area (Å²) in [5.74, 6) is 0.983. The van der Waals surface area contributed by atoms with Crippen molar-refractivity contribution in [3.8, 4) is 5.75 Å². The molecule has 0 aliphatic carbocycles. The molecule has 4 rings (SSSR count). The van der Waals surface area contributed by atoms with Crippen LogP contribution in [-0.4, -0.2) is 33.3 Å². The van der Waals surface area contributed by atoms with E-state index in [0.717, 1.165) is 12.1 Å². The van der Waals surface area contributed by atoms with Gasteiger partial charge in [-0.25, -0.2) is 9.97 Å². The number of anilines is 2. The normalized spacial score (nSPS) is 10.7. The van der Waals surface area contributed by atoms with Gasteiger partial charge in [-0.2, -0.15) is 0 Å². The van der Waals surface area contributed by atoms with Crippen LogP contribution in [0, 0.1) is 0 Å². The van der Waals surface area contributed by atoms with Crippen molar-refractivity contribution in [2.45, 2.75) is 19.8 Å². The van der Waals surface area contributed by atoms with Gasteiger partial charge in [-0.3, -0.25) is 14.0 Å². The molecular formula is C24H23N5O3. The van der Waals surface area contributed by atoms with Crippen LogP contribution in [0.5, 0.6) is 5.75 Å². The number of rotatable bonds is 7. The Balaban J connectivity index is 1.70. The zero-order valence-corrected chi connectivity index (χ0v) is 17.8. The molecule has 162 valence electrons. The first kappa shape index (κ1) is 21.0. The average molecular weight is 429 g/mol. The van der Waals surface area contributed by atoms with Crippen molar-refractivity contribution in [1.82, 2.24) is 14.4 Å². The third kappa shape index (κ3) is 4.75. The number of nitrogens with zero attached hydrogens (tertiary/aromatic N) is 3. The van der Waals surface area contributed by atoms with E-state index in [1.807, 2.05) is 18.2 Å². The predicted octanol–water partition coefficient (Wildman–Crippen LogP) is 3.73. The van der Waals surface area contributed by atoms with E-state index < -0.39 is 0 Å².